The van der Waals surface area contributed by atoms with Gasteiger partial charge in [0.15, 0.2) is 5.65 Å². The van der Waals surface area contributed by atoms with Crippen LogP contribution in [0.2, 0.25) is 0 Å². The molecule has 2 aromatic heterocycles. The molecule has 8 heteroatoms. The molecule has 0 amide bonds. The van der Waals surface area contributed by atoms with Gasteiger partial charge in [-0.2, -0.15) is 8.78 Å². The maximum absolute atomic E-state index is 13.3. The Bertz CT molecular complexity index is 612. The molecule has 0 fully saturated rings. The van der Waals surface area contributed by atoms with E-state index in [4.69, 9.17) is 11.6 Å². The van der Waals surface area contributed by atoms with Crippen LogP contribution in [0.15, 0.2) is 12.1 Å². The molecule has 0 saturated carbocycles. The Hall–Kier alpha value is -1.37. The number of alkyl halides is 5. The summed E-state index contributed by atoms with van der Waals surface area (Å²) in [6, 6.07) is 3.29. The summed E-state index contributed by atoms with van der Waals surface area (Å²) in [4.78, 5) is 8.23. The second kappa shape index (κ2) is 5.55. The second-order valence-electron chi connectivity index (χ2n) is 4.41. The number of imidazole rings is 1. The minimum atomic E-state index is -4.14. The van der Waals surface area contributed by atoms with E-state index in [-0.39, 0.29) is 23.8 Å². The van der Waals surface area contributed by atoms with E-state index >= 15 is 0 Å². The zero-order valence-corrected chi connectivity index (χ0v) is 11.3. The summed E-state index contributed by atoms with van der Waals surface area (Å²) in [6.07, 6.45) is -3.54. The van der Waals surface area contributed by atoms with Crippen molar-refractivity contribution in [3.8, 4) is 0 Å². The molecular weight excluding hydrogens is 298 g/mol. The van der Waals surface area contributed by atoms with Crippen LogP contribution in [-0.2, 0) is 13.0 Å². The average Bonchev–Trinajstić information content (AvgIpc) is 2.67. The number of pyridine rings is 1. The Labute approximate surface area is 117 Å². The van der Waals surface area contributed by atoms with E-state index in [9.17, 15) is 17.6 Å². The van der Waals surface area contributed by atoms with Gasteiger partial charge in [0.25, 0.3) is 0 Å². The largest absolute Gasteiger partial charge is 0.324 e. The molecule has 0 unspecified atom stereocenters. The maximum atomic E-state index is 13.3. The highest BCUT2D eigenvalue weighted by Gasteiger charge is 2.42. The van der Waals surface area contributed by atoms with Crippen LogP contribution in [0.4, 0.5) is 17.6 Å². The first-order valence-electron chi connectivity index (χ1n) is 5.90. The van der Waals surface area contributed by atoms with Gasteiger partial charge >= 0.3 is 12.3 Å². The van der Waals surface area contributed by atoms with Gasteiger partial charge in [0.2, 0.25) is 0 Å². The van der Waals surface area contributed by atoms with Gasteiger partial charge in [-0.3, -0.25) is 0 Å². The minimum absolute atomic E-state index is 0.155. The van der Waals surface area contributed by atoms with Gasteiger partial charge in [-0.25, -0.2) is 18.7 Å². The molecule has 3 nitrogen and oxygen atoms in total. The Morgan fingerprint density at radius 1 is 1.30 bits per heavy atom. The first-order valence-corrected chi connectivity index (χ1v) is 6.43. The molecule has 110 valence electrons. The van der Waals surface area contributed by atoms with Crippen molar-refractivity contribution >= 4 is 22.8 Å². The SMILES string of the molecule is Cc1ccc2nc(CCCl)n(CC(F)(F)C(F)F)c2n1. The van der Waals surface area contributed by atoms with Crippen LogP contribution < -0.4 is 0 Å². The lowest BCUT2D eigenvalue weighted by molar-refractivity contribution is -0.137. The third-order valence-corrected chi connectivity index (χ3v) is 3.01. The highest BCUT2D eigenvalue weighted by Crippen LogP contribution is 2.27. The fourth-order valence-corrected chi connectivity index (χ4v) is 2.03. The van der Waals surface area contributed by atoms with E-state index in [1.165, 1.54) is 0 Å². The first-order chi connectivity index (χ1) is 9.35. The number of hydrogen-bond donors (Lipinski definition) is 0. The van der Waals surface area contributed by atoms with E-state index in [0.717, 1.165) is 4.57 Å². The smallest absolute Gasteiger partial charge is 0.306 e. The molecule has 0 aliphatic heterocycles. The van der Waals surface area contributed by atoms with Gasteiger partial charge in [0.1, 0.15) is 11.3 Å². The van der Waals surface area contributed by atoms with Crippen molar-refractivity contribution in [2.24, 2.45) is 0 Å². The van der Waals surface area contributed by atoms with Crippen LogP contribution in [0, 0.1) is 6.92 Å². The number of halogens is 5. The molecule has 0 atom stereocenters. The summed E-state index contributed by atoms with van der Waals surface area (Å²) in [5.74, 6) is -3.75. The van der Waals surface area contributed by atoms with Gasteiger partial charge in [0.05, 0.1) is 6.54 Å². The normalized spacial score (nSPS) is 12.6. The van der Waals surface area contributed by atoms with Gasteiger partial charge in [-0.1, -0.05) is 0 Å². The Morgan fingerprint density at radius 2 is 2.00 bits per heavy atom. The molecule has 0 spiro atoms. The predicted molar refractivity (Wildman–Crippen MR) is 67.6 cm³/mol. The average molecular weight is 310 g/mol. The van der Waals surface area contributed by atoms with Crippen LogP contribution in [0.3, 0.4) is 0 Å². The van der Waals surface area contributed by atoms with Crippen LogP contribution in [0.1, 0.15) is 11.5 Å². The third kappa shape index (κ3) is 2.87. The molecule has 2 heterocycles. The molecular formula is C12H12ClF4N3. The lowest BCUT2D eigenvalue weighted by Gasteiger charge is -2.17. The molecule has 0 aromatic carbocycles. The van der Waals surface area contributed by atoms with Gasteiger partial charge in [0, 0.05) is 18.0 Å². The summed E-state index contributed by atoms with van der Waals surface area (Å²) in [5.41, 5.74) is 1.16. The van der Waals surface area contributed by atoms with Crippen LogP contribution in [-0.4, -0.2) is 32.8 Å². The summed E-state index contributed by atoms with van der Waals surface area (Å²) in [7, 11) is 0. The number of nitrogens with zero attached hydrogens (tertiary/aromatic N) is 3. The van der Waals surface area contributed by atoms with Gasteiger partial charge < -0.3 is 4.57 Å². The summed E-state index contributed by atoms with van der Waals surface area (Å²) < 4.78 is 52.4. The van der Waals surface area contributed by atoms with E-state index in [2.05, 4.69) is 9.97 Å². The van der Waals surface area contributed by atoms with Crippen molar-refractivity contribution in [3.05, 3.63) is 23.7 Å². The predicted octanol–water partition coefficient (Wildman–Crippen LogP) is 3.42. The highest BCUT2D eigenvalue weighted by molar-refractivity contribution is 6.17. The second-order valence-corrected chi connectivity index (χ2v) is 4.79. The number of aromatic nitrogens is 3. The van der Waals surface area contributed by atoms with E-state index in [0.29, 0.717) is 11.2 Å². The number of aryl methyl sites for hydroxylation is 2. The number of hydrogen-bond acceptors (Lipinski definition) is 2. The topological polar surface area (TPSA) is 30.7 Å². The van der Waals surface area contributed by atoms with Gasteiger partial charge in [-0.15, -0.1) is 11.6 Å². The van der Waals surface area contributed by atoms with Crippen molar-refractivity contribution in [3.63, 3.8) is 0 Å². The van der Waals surface area contributed by atoms with Crippen molar-refractivity contribution in [2.75, 3.05) is 5.88 Å². The van der Waals surface area contributed by atoms with E-state index in [1.807, 2.05) is 0 Å². The van der Waals surface area contributed by atoms with Crippen molar-refractivity contribution in [2.45, 2.75) is 32.2 Å². The molecule has 0 radical (unpaired) electrons. The van der Waals surface area contributed by atoms with Crippen molar-refractivity contribution < 1.29 is 17.6 Å². The summed E-state index contributed by atoms with van der Waals surface area (Å²) in [6.45, 7) is 0.521. The lowest BCUT2D eigenvalue weighted by atomic mass is 10.3. The fraction of sp³-hybridized carbons (Fsp3) is 0.500. The molecule has 2 aromatic rings. The molecule has 0 bridgehead atoms. The van der Waals surface area contributed by atoms with E-state index in [1.54, 1.807) is 19.1 Å². The minimum Gasteiger partial charge on any atom is -0.306 e. The number of rotatable bonds is 5. The molecule has 20 heavy (non-hydrogen) atoms. The summed E-state index contributed by atoms with van der Waals surface area (Å²) >= 11 is 5.59. The zero-order chi connectivity index (χ0) is 14.9. The molecule has 0 saturated heterocycles. The number of fused-ring (bicyclic) bond motifs is 1. The lowest BCUT2D eigenvalue weighted by Crippen LogP contribution is -2.33. The van der Waals surface area contributed by atoms with Crippen LogP contribution >= 0.6 is 11.6 Å². The fourth-order valence-electron chi connectivity index (χ4n) is 1.86. The zero-order valence-electron chi connectivity index (χ0n) is 10.6. The van der Waals surface area contributed by atoms with Crippen molar-refractivity contribution in [1.82, 2.24) is 14.5 Å². The Morgan fingerprint density at radius 3 is 2.60 bits per heavy atom. The molecule has 0 aliphatic rings. The van der Waals surface area contributed by atoms with Crippen molar-refractivity contribution in [1.29, 1.82) is 0 Å². The Balaban J connectivity index is 2.53. The van der Waals surface area contributed by atoms with Gasteiger partial charge in [-0.05, 0) is 19.1 Å². The monoisotopic (exact) mass is 309 g/mol. The quantitative estimate of drug-likeness (QED) is 0.626. The van der Waals surface area contributed by atoms with Crippen LogP contribution in [0.25, 0.3) is 11.2 Å². The first kappa shape index (κ1) is 15.0. The Kier molecular flexibility index (Phi) is 4.17. The highest BCUT2D eigenvalue weighted by atomic mass is 35.5. The summed E-state index contributed by atoms with van der Waals surface area (Å²) in [5, 5.41) is 0. The van der Waals surface area contributed by atoms with Crippen LogP contribution in [0.5, 0.6) is 0 Å². The maximum Gasteiger partial charge on any atom is 0.324 e. The standard InChI is InChI=1S/C12H12ClF4N3/c1-7-2-3-8-10(18-7)20(9(19-8)4-5-13)6-12(16,17)11(14)15/h2-3,11H,4-6H2,1H3. The third-order valence-electron chi connectivity index (χ3n) is 2.82. The molecule has 0 aliphatic carbocycles. The molecule has 2 rings (SSSR count). The van der Waals surface area contributed by atoms with E-state index < -0.39 is 18.9 Å². The molecule has 0 N–H and O–H groups in total.